The second-order valence-corrected chi connectivity index (χ2v) is 2.00. The zero-order chi connectivity index (χ0) is 7.28. The van der Waals surface area contributed by atoms with E-state index in [1.807, 2.05) is 32.1 Å². The summed E-state index contributed by atoms with van der Waals surface area (Å²) in [6, 6.07) is 0. The van der Waals surface area contributed by atoms with Crippen molar-refractivity contribution in [3.05, 3.63) is 23.8 Å². The summed E-state index contributed by atoms with van der Waals surface area (Å²) in [5, 5.41) is 7.18. The molecule has 1 N–H and O–H groups in total. The molecule has 0 aliphatic rings. The van der Waals surface area contributed by atoms with E-state index in [4.69, 9.17) is 5.41 Å². The quantitative estimate of drug-likeness (QED) is 0.431. The van der Waals surface area contributed by atoms with E-state index in [1.165, 1.54) is 0 Å². The lowest BCUT2D eigenvalue weighted by atomic mass is 10.2. The van der Waals surface area contributed by atoms with Crippen LogP contribution in [0.3, 0.4) is 0 Å². The maximum atomic E-state index is 7.18. The van der Waals surface area contributed by atoms with Crippen molar-refractivity contribution in [2.45, 2.75) is 20.8 Å². The Morgan fingerprint density at radius 3 is 2.22 bits per heavy atom. The topological polar surface area (TPSA) is 23.9 Å². The molecule has 0 atom stereocenters. The molecular formula is C8H13N. The van der Waals surface area contributed by atoms with E-state index >= 15 is 0 Å². The second-order valence-electron chi connectivity index (χ2n) is 2.00. The number of rotatable bonds is 2. The Labute approximate surface area is 56.6 Å². The SMILES string of the molecule is C/C=C/C=C(/C)C(C)=N. The van der Waals surface area contributed by atoms with Gasteiger partial charge in [-0.2, -0.15) is 0 Å². The van der Waals surface area contributed by atoms with Crippen molar-refractivity contribution in [2.24, 2.45) is 0 Å². The molecule has 0 unspecified atom stereocenters. The molecule has 0 aromatic carbocycles. The molecule has 0 saturated heterocycles. The van der Waals surface area contributed by atoms with Gasteiger partial charge >= 0.3 is 0 Å². The zero-order valence-electron chi connectivity index (χ0n) is 6.23. The molecule has 0 rings (SSSR count). The van der Waals surface area contributed by atoms with Crippen LogP contribution >= 0.6 is 0 Å². The Kier molecular flexibility index (Phi) is 3.69. The second kappa shape index (κ2) is 4.07. The van der Waals surface area contributed by atoms with Gasteiger partial charge in [-0.3, -0.25) is 0 Å². The third kappa shape index (κ3) is 3.71. The first-order valence-corrected chi connectivity index (χ1v) is 3.03. The van der Waals surface area contributed by atoms with Crippen LogP contribution in [0.5, 0.6) is 0 Å². The molecule has 0 heterocycles. The molecule has 1 nitrogen and oxygen atoms in total. The average molecular weight is 123 g/mol. The number of hydrogen-bond acceptors (Lipinski definition) is 1. The lowest BCUT2D eigenvalue weighted by Gasteiger charge is -1.91. The fourth-order valence-corrected chi connectivity index (χ4v) is 0.366. The van der Waals surface area contributed by atoms with Gasteiger partial charge in [0.25, 0.3) is 0 Å². The Balaban J connectivity index is 4.00. The molecule has 0 radical (unpaired) electrons. The summed E-state index contributed by atoms with van der Waals surface area (Å²) in [7, 11) is 0. The predicted molar refractivity (Wildman–Crippen MR) is 42.0 cm³/mol. The molecular weight excluding hydrogens is 110 g/mol. The van der Waals surface area contributed by atoms with Gasteiger partial charge in [0.1, 0.15) is 0 Å². The van der Waals surface area contributed by atoms with E-state index in [2.05, 4.69) is 0 Å². The third-order valence-electron chi connectivity index (χ3n) is 1.13. The van der Waals surface area contributed by atoms with E-state index in [0.29, 0.717) is 5.71 Å². The van der Waals surface area contributed by atoms with Gasteiger partial charge in [-0.15, -0.1) is 0 Å². The van der Waals surface area contributed by atoms with Gasteiger partial charge in [-0.1, -0.05) is 18.2 Å². The monoisotopic (exact) mass is 123 g/mol. The zero-order valence-corrected chi connectivity index (χ0v) is 6.23. The van der Waals surface area contributed by atoms with Crippen LogP contribution in [0, 0.1) is 5.41 Å². The maximum Gasteiger partial charge on any atom is 0.0312 e. The molecule has 0 amide bonds. The highest BCUT2D eigenvalue weighted by molar-refractivity contribution is 5.95. The lowest BCUT2D eigenvalue weighted by Crippen LogP contribution is -1.87. The summed E-state index contributed by atoms with van der Waals surface area (Å²) in [6.45, 7) is 5.68. The van der Waals surface area contributed by atoms with Crippen molar-refractivity contribution in [1.29, 1.82) is 5.41 Å². The van der Waals surface area contributed by atoms with Gasteiger partial charge in [0.2, 0.25) is 0 Å². The van der Waals surface area contributed by atoms with Gasteiger partial charge < -0.3 is 5.41 Å². The summed E-state index contributed by atoms with van der Waals surface area (Å²) < 4.78 is 0. The minimum atomic E-state index is 0.633. The van der Waals surface area contributed by atoms with Crippen LogP contribution in [-0.4, -0.2) is 5.71 Å². The number of nitrogens with one attached hydrogen (secondary N) is 1. The predicted octanol–water partition coefficient (Wildman–Crippen LogP) is 2.55. The Bertz CT molecular complexity index is 152. The highest BCUT2D eigenvalue weighted by atomic mass is 14.4. The van der Waals surface area contributed by atoms with Gasteiger partial charge in [0.15, 0.2) is 0 Å². The van der Waals surface area contributed by atoms with Crippen LogP contribution in [0.25, 0.3) is 0 Å². The van der Waals surface area contributed by atoms with E-state index in [9.17, 15) is 0 Å². The molecule has 50 valence electrons. The van der Waals surface area contributed by atoms with Crippen LogP contribution in [-0.2, 0) is 0 Å². The van der Waals surface area contributed by atoms with Crippen molar-refractivity contribution in [2.75, 3.05) is 0 Å². The van der Waals surface area contributed by atoms with Gasteiger partial charge in [0.05, 0.1) is 0 Å². The van der Waals surface area contributed by atoms with E-state index in [-0.39, 0.29) is 0 Å². The normalized spacial score (nSPS) is 12.6. The van der Waals surface area contributed by atoms with Crippen LogP contribution < -0.4 is 0 Å². The Morgan fingerprint density at radius 1 is 1.33 bits per heavy atom. The minimum absolute atomic E-state index is 0.633. The third-order valence-corrected chi connectivity index (χ3v) is 1.13. The van der Waals surface area contributed by atoms with E-state index in [1.54, 1.807) is 6.92 Å². The first kappa shape index (κ1) is 8.15. The molecule has 9 heavy (non-hydrogen) atoms. The van der Waals surface area contributed by atoms with Crippen molar-refractivity contribution >= 4 is 5.71 Å². The van der Waals surface area contributed by atoms with Crippen molar-refractivity contribution in [3.63, 3.8) is 0 Å². The summed E-state index contributed by atoms with van der Waals surface area (Å²) >= 11 is 0. The van der Waals surface area contributed by atoms with Crippen molar-refractivity contribution in [3.8, 4) is 0 Å². The van der Waals surface area contributed by atoms with Crippen LogP contribution in [0.2, 0.25) is 0 Å². The fourth-order valence-electron chi connectivity index (χ4n) is 0.366. The summed E-state index contributed by atoms with van der Waals surface area (Å²) in [4.78, 5) is 0. The summed E-state index contributed by atoms with van der Waals surface area (Å²) in [5.74, 6) is 0. The molecule has 0 spiro atoms. The Hall–Kier alpha value is -0.850. The fraction of sp³-hybridized carbons (Fsp3) is 0.375. The maximum absolute atomic E-state index is 7.18. The standard InChI is InChI=1S/C8H13N/c1-4-5-6-7(2)8(3)9/h4-6,9H,1-3H3/b5-4+,7-6-,9-8?. The molecule has 1 heteroatoms. The minimum Gasteiger partial charge on any atom is -0.305 e. The van der Waals surface area contributed by atoms with E-state index < -0.39 is 0 Å². The molecule has 0 bridgehead atoms. The van der Waals surface area contributed by atoms with E-state index in [0.717, 1.165) is 5.57 Å². The smallest absolute Gasteiger partial charge is 0.0312 e. The highest BCUT2D eigenvalue weighted by Crippen LogP contribution is 1.93. The molecule has 0 aromatic heterocycles. The van der Waals surface area contributed by atoms with Gasteiger partial charge in [-0.25, -0.2) is 0 Å². The largest absolute Gasteiger partial charge is 0.305 e. The molecule has 0 aromatic rings. The highest BCUT2D eigenvalue weighted by Gasteiger charge is 1.85. The van der Waals surface area contributed by atoms with Crippen LogP contribution in [0.1, 0.15) is 20.8 Å². The lowest BCUT2D eigenvalue weighted by molar-refractivity contribution is 1.42. The average Bonchev–Trinajstić information content (AvgIpc) is 1.82. The van der Waals surface area contributed by atoms with Crippen LogP contribution in [0.4, 0.5) is 0 Å². The molecule has 0 aliphatic carbocycles. The Morgan fingerprint density at radius 2 is 1.89 bits per heavy atom. The number of hydrogen-bond donors (Lipinski definition) is 1. The van der Waals surface area contributed by atoms with Crippen molar-refractivity contribution < 1.29 is 0 Å². The first-order valence-electron chi connectivity index (χ1n) is 3.03. The molecule has 0 aliphatic heterocycles. The number of allylic oxidation sites excluding steroid dienone is 4. The van der Waals surface area contributed by atoms with Crippen molar-refractivity contribution in [1.82, 2.24) is 0 Å². The molecule has 0 saturated carbocycles. The van der Waals surface area contributed by atoms with Gasteiger partial charge in [-0.05, 0) is 26.3 Å². The summed E-state index contributed by atoms with van der Waals surface area (Å²) in [5.41, 5.74) is 1.65. The van der Waals surface area contributed by atoms with Gasteiger partial charge in [0, 0.05) is 5.71 Å². The summed E-state index contributed by atoms with van der Waals surface area (Å²) in [6.07, 6.45) is 5.82. The first-order chi connectivity index (χ1) is 4.18. The molecule has 0 fully saturated rings. The van der Waals surface area contributed by atoms with Crippen LogP contribution in [0.15, 0.2) is 23.8 Å².